The molecule has 0 atom stereocenters. The average molecular weight is 235 g/mol. The minimum Gasteiger partial charge on any atom is -0.342 e. The number of nitrogens with one attached hydrogen (secondary N) is 1. The van der Waals surface area contributed by atoms with E-state index in [0.29, 0.717) is 6.42 Å². The van der Waals surface area contributed by atoms with Crippen molar-refractivity contribution in [3.05, 3.63) is 18.0 Å². The lowest BCUT2D eigenvalue weighted by Gasteiger charge is -2.33. The first-order valence-electron chi connectivity index (χ1n) is 6.42. The number of rotatable bonds is 3. The third kappa shape index (κ3) is 3.08. The maximum Gasteiger partial charge on any atom is 0.227 e. The Bertz CT molecular complexity index is 351. The van der Waals surface area contributed by atoms with Gasteiger partial charge in [-0.15, -0.1) is 0 Å². The third-order valence-corrected chi connectivity index (χ3v) is 3.75. The Labute approximate surface area is 102 Å². The maximum absolute atomic E-state index is 12.0. The number of carbonyl (C=O) groups excluding carboxylic acids is 1. The lowest BCUT2D eigenvalue weighted by atomic mass is 9.86. The molecule has 1 aromatic rings. The van der Waals surface area contributed by atoms with E-state index in [0.717, 1.165) is 43.3 Å². The molecule has 2 heterocycles. The maximum atomic E-state index is 12.0. The van der Waals surface area contributed by atoms with E-state index in [1.54, 1.807) is 12.4 Å². The summed E-state index contributed by atoms with van der Waals surface area (Å²) in [6.45, 7) is 6.38. The van der Waals surface area contributed by atoms with Crippen molar-refractivity contribution in [2.45, 2.75) is 33.1 Å². The van der Waals surface area contributed by atoms with Crippen molar-refractivity contribution >= 4 is 5.91 Å². The lowest BCUT2D eigenvalue weighted by Crippen LogP contribution is -2.40. The van der Waals surface area contributed by atoms with Crippen LogP contribution in [0.3, 0.4) is 0 Å². The van der Waals surface area contributed by atoms with Crippen molar-refractivity contribution in [3.8, 4) is 0 Å². The molecule has 1 saturated heterocycles. The van der Waals surface area contributed by atoms with Crippen molar-refractivity contribution in [1.82, 2.24) is 15.1 Å². The minimum atomic E-state index is 0.230. The molecule has 17 heavy (non-hydrogen) atoms. The van der Waals surface area contributed by atoms with E-state index in [9.17, 15) is 4.79 Å². The molecule has 94 valence electrons. The zero-order valence-electron chi connectivity index (χ0n) is 10.6. The van der Waals surface area contributed by atoms with E-state index in [4.69, 9.17) is 0 Å². The van der Waals surface area contributed by atoms with Crippen LogP contribution in [-0.4, -0.2) is 34.1 Å². The first-order valence-corrected chi connectivity index (χ1v) is 6.42. The molecule has 4 heteroatoms. The highest BCUT2D eigenvalue weighted by atomic mass is 16.2. The molecule has 1 amide bonds. The molecule has 0 unspecified atom stereocenters. The monoisotopic (exact) mass is 235 g/mol. The van der Waals surface area contributed by atoms with Gasteiger partial charge in [0.05, 0.1) is 12.6 Å². The molecule has 0 saturated carbocycles. The van der Waals surface area contributed by atoms with Gasteiger partial charge in [-0.1, -0.05) is 13.8 Å². The van der Waals surface area contributed by atoms with Gasteiger partial charge in [0.2, 0.25) is 5.91 Å². The van der Waals surface area contributed by atoms with Crippen molar-refractivity contribution in [2.24, 2.45) is 11.8 Å². The molecule has 1 N–H and O–H groups in total. The molecule has 1 aromatic heterocycles. The third-order valence-electron chi connectivity index (χ3n) is 3.75. The number of hydrogen-bond acceptors (Lipinski definition) is 2. The molecular formula is C13H21N3O. The number of H-pyrrole nitrogens is 1. The van der Waals surface area contributed by atoms with E-state index >= 15 is 0 Å². The highest BCUT2D eigenvalue weighted by Gasteiger charge is 2.24. The molecule has 0 bridgehead atoms. The topological polar surface area (TPSA) is 49.0 Å². The summed E-state index contributed by atoms with van der Waals surface area (Å²) < 4.78 is 0. The number of carbonyl (C=O) groups is 1. The normalized spacial score (nSPS) is 17.7. The molecule has 0 aliphatic carbocycles. The van der Waals surface area contributed by atoms with Gasteiger partial charge in [-0.3, -0.25) is 9.89 Å². The summed E-state index contributed by atoms with van der Waals surface area (Å²) >= 11 is 0. The fourth-order valence-electron chi connectivity index (χ4n) is 2.48. The zero-order chi connectivity index (χ0) is 12.3. The number of amides is 1. The SMILES string of the molecule is CC(C)C1CCN(C(=O)Cc2cn[nH]c2)CC1. The fraction of sp³-hybridized carbons (Fsp3) is 0.692. The molecule has 1 aliphatic rings. The van der Waals surface area contributed by atoms with E-state index in [-0.39, 0.29) is 5.91 Å². The van der Waals surface area contributed by atoms with Gasteiger partial charge in [0.15, 0.2) is 0 Å². The summed E-state index contributed by atoms with van der Waals surface area (Å²) in [5.41, 5.74) is 0.973. The Hall–Kier alpha value is -1.32. The zero-order valence-corrected chi connectivity index (χ0v) is 10.6. The van der Waals surface area contributed by atoms with Crippen LogP contribution in [0.5, 0.6) is 0 Å². The van der Waals surface area contributed by atoms with E-state index in [2.05, 4.69) is 24.0 Å². The predicted octanol–water partition coefficient (Wildman–Crippen LogP) is 1.85. The van der Waals surface area contributed by atoms with E-state index in [1.165, 1.54) is 0 Å². The van der Waals surface area contributed by atoms with Gasteiger partial charge in [0, 0.05) is 19.3 Å². The Morgan fingerprint density at radius 2 is 2.24 bits per heavy atom. The Kier molecular flexibility index (Phi) is 3.82. The van der Waals surface area contributed by atoms with Gasteiger partial charge in [0.25, 0.3) is 0 Å². The number of aromatic nitrogens is 2. The largest absolute Gasteiger partial charge is 0.342 e. The second-order valence-corrected chi connectivity index (χ2v) is 5.25. The molecule has 0 spiro atoms. The molecular weight excluding hydrogens is 214 g/mol. The highest BCUT2D eigenvalue weighted by molar-refractivity contribution is 5.78. The quantitative estimate of drug-likeness (QED) is 0.869. The van der Waals surface area contributed by atoms with Crippen LogP contribution in [0, 0.1) is 11.8 Å². The number of hydrogen-bond donors (Lipinski definition) is 1. The molecule has 1 aliphatic heterocycles. The van der Waals surface area contributed by atoms with Crippen molar-refractivity contribution < 1.29 is 4.79 Å². The van der Waals surface area contributed by atoms with E-state index < -0.39 is 0 Å². The van der Waals surface area contributed by atoms with Crippen LogP contribution in [0.2, 0.25) is 0 Å². The first-order chi connectivity index (χ1) is 8.16. The summed E-state index contributed by atoms with van der Waals surface area (Å²) in [6.07, 6.45) is 6.28. The van der Waals surface area contributed by atoms with Crippen LogP contribution in [0.15, 0.2) is 12.4 Å². The predicted molar refractivity (Wildman–Crippen MR) is 66.4 cm³/mol. The minimum absolute atomic E-state index is 0.230. The second-order valence-electron chi connectivity index (χ2n) is 5.25. The Morgan fingerprint density at radius 1 is 1.53 bits per heavy atom. The fourth-order valence-corrected chi connectivity index (χ4v) is 2.48. The van der Waals surface area contributed by atoms with Crippen LogP contribution in [0.25, 0.3) is 0 Å². The number of nitrogens with zero attached hydrogens (tertiary/aromatic N) is 2. The van der Waals surface area contributed by atoms with Gasteiger partial charge in [0.1, 0.15) is 0 Å². The van der Waals surface area contributed by atoms with Crippen LogP contribution in [-0.2, 0) is 11.2 Å². The van der Waals surface area contributed by atoms with E-state index in [1.807, 2.05) is 4.90 Å². The van der Waals surface area contributed by atoms with Crippen LogP contribution in [0.1, 0.15) is 32.3 Å². The van der Waals surface area contributed by atoms with Gasteiger partial charge in [-0.2, -0.15) is 5.10 Å². The second kappa shape index (κ2) is 5.34. The smallest absolute Gasteiger partial charge is 0.227 e. The van der Waals surface area contributed by atoms with Gasteiger partial charge in [-0.05, 0) is 30.2 Å². The standard InChI is InChI=1S/C13H21N3O/c1-10(2)12-3-5-16(6-4-12)13(17)7-11-8-14-15-9-11/h8-10,12H,3-7H2,1-2H3,(H,14,15). The first kappa shape index (κ1) is 12.1. The van der Waals surface area contributed by atoms with Gasteiger partial charge < -0.3 is 4.90 Å². The summed E-state index contributed by atoms with van der Waals surface area (Å²) in [7, 11) is 0. The molecule has 0 aromatic carbocycles. The molecule has 1 fully saturated rings. The average Bonchev–Trinajstić information content (AvgIpc) is 2.82. The summed E-state index contributed by atoms with van der Waals surface area (Å²) in [4.78, 5) is 14.0. The van der Waals surface area contributed by atoms with Crippen molar-refractivity contribution in [2.75, 3.05) is 13.1 Å². The van der Waals surface area contributed by atoms with Crippen LogP contribution >= 0.6 is 0 Å². The molecule has 0 radical (unpaired) electrons. The molecule has 2 rings (SSSR count). The van der Waals surface area contributed by atoms with Crippen LogP contribution in [0.4, 0.5) is 0 Å². The van der Waals surface area contributed by atoms with Gasteiger partial charge in [-0.25, -0.2) is 0 Å². The van der Waals surface area contributed by atoms with Crippen molar-refractivity contribution in [3.63, 3.8) is 0 Å². The summed E-state index contributed by atoms with van der Waals surface area (Å²) in [5, 5.41) is 6.60. The molecule has 4 nitrogen and oxygen atoms in total. The number of likely N-dealkylation sites (tertiary alicyclic amines) is 1. The lowest BCUT2D eigenvalue weighted by molar-refractivity contribution is -0.132. The van der Waals surface area contributed by atoms with Crippen LogP contribution < -0.4 is 0 Å². The Morgan fingerprint density at radius 3 is 2.76 bits per heavy atom. The highest BCUT2D eigenvalue weighted by Crippen LogP contribution is 2.24. The summed E-state index contributed by atoms with van der Waals surface area (Å²) in [6, 6.07) is 0. The number of aromatic amines is 1. The van der Waals surface area contributed by atoms with Gasteiger partial charge >= 0.3 is 0 Å². The number of piperidine rings is 1. The Balaban J connectivity index is 1.82. The van der Waals surface area contributed by atoms with Crippen molar-refractivity contribution in [1.29, 1.82) is 0 Å². The summed E-state index contributed by atoms with van der Waals surface area (Å²) in [5.74, 6) is 1.75.